The molecule has 1 aliphatic heterocycles. The van der Waals surface area contributed by atoms with E-state index >= 15 is 0 Å². The van der Waals surface area contributed by atoms with Crippen LogP contribution in [0, 0.1) is 11.3 Å². The van der Waals surface area contributed by atoms with Crippen molar-refractivity contribution in [1.29, 1.82) is 5.26 Å². The molecule has 0 unspecified atom stereocenters. The van der Waals surface area contributed by atoms with Gasteiger partial charge in [0, 0.05) is 5.02 Å². The first-order chi connectivity index (χ1) is 12.0. The maximum atomic E-state index is 12.3. The molecule has 2 aromatic carbocycles. The van der Waals surface area contributed by atoms with Gasteiger partial charge in [-0.2, -0.15) is 5.26 Å². The first-order valence-electron chi connectivity index (χ1n) is 6.95. The lowest BCUT2D eigenvalue weighted by molar-refractivity contribution is -0.112. The fraction of sp³-hybridized carbons (Fsp3) is 0.0588. The second-order valence-electron chi connectivity index (χ2n) is 4.98. The first kappa shape index (κ1) is 17.4. The molecule has 0 saturated carbocycles. The van der Waals surface area contributed by atoms with Crippen LogP contribution in [0.5, 0.6) is 11.5 Å². The number of rotatable bonds is 3. The Balaban J connectivity index is 1.87. The molecule has 0 saturated heterocycles. The van der Waals surface area contributed by atoms with Crippen LogP contribution in [0.25, 0.3) is 6.08 Å². The van der Waals surface area contributed by atoms with E-state index in [1.54, 1.807) is 24.3 Å². The van der Waals surface area contributed by atoms with Gasteiger partial charge in [-0.05, 0) is 42.0 Å². The third-order valence-electron chi connectivity index (χ3n) is 3.30. The van der Waals surface area contributed by atoms with Crippen molar-refractivity contribution < 1.29 is 14.3 Å². The Hall–Kier alpha value is -2.39. The van der Waals surface area contributed by atoms with E-state index in [1.807, 2.05) is 6.07 Å². The van der Waals surface area contributed by atoms with Crippen molar-refractivity contribution in [3.8, 4) is 17.6 Å². The molecule has 1 aliphatic rings. The van der Waals surface area contributed by atoms with Crippen molar-refractivity contribution in [1.82, 2.24) is 0 Å². The lowest BCUT2D eigenvalue weighted by Gasteiger charge is -2.07. The number of halogens is 3. The van der Waals surface area contributed by atoms with E-state index in [-0.39, 0.29) is 17.4 Å². The molecular weight excluding hydrogens is 387 g/mol. The number of carbonyl (C=O) groups excluding carboxylic acids is 1. The quantitative estimate of drug-likeness (QED) is 0.591. The summed E-state index contributed by atoms with van der Waals surface area (Å²) in [4.78, 5) is 12.3. The zero-order chi connectivity index (χ0) is 18.0. The monoisotopic (exact) mass is 394 g/mol. The van der Waals surface area contributed by atoms with Crippen LogP contribution in [0.1, 0.15) is 5.56 Å². The van der Waals surface area contributed by atoms with Gasteiger partial charge in [0.1, 0.15) is 11.6 Å². The van der Waals surface area contributed by atoms with Crippen LogP contribution >= 0.6 is 34.8 Å². The number of nitrogens with one attached hydrogen (secondary N) is 1. The molecule has 3 rings (SSSR count). The van der Waals surface area contributed by atoms with Crippen molar-refractivity contribution in [2.24, 2.45) is 0 Å². The SMILES string of the molecule is N#C/C(=C\c1cc(Cl)c2c(c1)OCO2)C(=O)Nc1ccc(Cl)cc1Cl. The van der Waals surface area contributed by atoms with Crippen molar-refractivity contribution in [3.63, 3.8) is 0 Å². The highest BCUT2D eigenvalue weighted by Gasteiger charge is 2.19. The molecule has 25 heavy (non-hydrogen) atoms. The van der Waals surface area contributed by atoms with E-state index in [4.69, 9.17) is 44.3 Å². The molecule has 126 valence electrons. The van der Waals surface area contributed by atoms with Crippen LogP contribution in [0.3, 0.4) is 0 Å². The molecule has 0 aliphatic carbocycles. The van der Waals surface area contributed by atoms with Crippen LogP contribution in [-0.4, -0.2) is 12.7 Å². The van der Waals surface area contributed by atoms with E-state index in [9.17, 15) is 10.1 Å². The lowest BCUT2D eigenvalue weighted by Crippen LogP contribution is -2.13. The molecule has 0 radical (unpaired) electrons. The number of hydrogen-bond donors (Lipinski definition) is 1. The standard InChI is InChI=1S/C17H9Cl3N2O3/c18-11-1-2-14(12(19)6-11)22-17(23)10(7-21)3-9-4-13(20)16-15(5-9)24-8-25-16/h1-6H,8H2,(H,22,23)/b10-3+. The number of ether oxygens (including phenoxy) is 2. The third kappa shape index (κ3) is 3.83. The fourth-order valence-electron chi connectivity index (χ4n) is 2.17. The molecule has 0 aromatic heterocycles. The average Bonchev–Trinajstić information content (AvgIpc) is 3.04. The summed E-state index contributed by atoms with van der Waals surface area (Å²) in [5.74, 6) is 0.285. The van der Waals surface area contributed by atoms with Gasteiger partial charge >= 0.3 is 0 Å². The van der Waals surface area contributed by atoms with Crippen molar-refractivity contribution >= 4 is 52.5 Å². The van der Waals surface area contributed by atoms with Crippen LogP contribution in [0.4, 0.5) is 5.69 Å². The van der Waals surface area contributed by atoms with E-state index in [0.29, 0.717) is 32.8 Å². The Morgan fingerprint density at radius 2 is 1.96 bits per heavy atom. The molecule has 1 amide bonds. The second kappa shape index (κ2) is 7.24. The van der Waals surface area contributed by atoms with Crippen LogP contribution in [-0.2, 0) is 4.79 Å². The minimum Gasteiger partial charge on any atom is -0.454 e. The second-order valence-corrected chi connectivity index (χ2v) is 6.24. The van der Waals surface area contributed by atoms with Gasteiger partial charge in [0.05, 0.1) is 15.7 Å². The Bertz CT molecular complexity index is 935. The van der Waals surface area contributed by atoms with Gasteiger partial charge in [0.25, 0.3) is 5.91 Å². The minimum absolute atomic E-state index is 0.0723. The number of nitriles is 1. The summed E-state index contributed by atoms with van der Waals surface area (Å²) in [6.07, 6.45) is 1.40. The smallest absolute Gasteiger partial charge is 0.266 e. The number of benzene rings is 2. The topological polar surface area (TPSA) is 71.3 Å². The van der Waals surface area contributed by atoms with E-state index in [1.165, 1.54) is 12.1 Å². The number of anilines is 1. The molecule has 0 fully saturated rings. The molecular formula is C17H9Cl3N2O3. The summed E-state index contributed by atoms with van der Waals surface area (Å²) < 4.78 is 10.5. The molecule has 1 heterocycles. The number of amides is 1. The highest BCUT2D eigenvalue weighted by Crippen LogP contribution is 2.40. The van der Waals surface area contributed by atoms with Gasteiger partial charge in [-0.3, -0.25) is 4.79 Å². The highest BCUT2D eigenvalue weighted by atomic mass is 35.5. The maximum Gasteiger partial charge on any atom is 0.266 e. The molecule has 5 nitrogen and oxygen atoms in total. The summed E-state index contributed by atoms with van der Waals surface area (Å²) in [6, 6.07) is 9.69. The summed E-state index contributed by atoms with van der Waals surface area (Å²) in [7, 11) is 0. The Labute approximate surface area is 158 Å². The summed E-state index contributed by atoms with van der Waals surface area (Å²) >= 11 is 17.9. The zero-order valence-electron chi connectivity index (χ0n) is 12.5. The van der Waals surface area contributed by atoms with Crippen molar-refractivity contribution in [2.75, 3.05) is 12.1 Å². The largest absolute Gasteiger partial charge is 0.454 e. The van der Waals surface area contributed by atoms with Crippen LogP contribution in [0.15, 0.2) is 35.9 Å². The summed E-state index contributed by atoms with van der Waals surface area (Å²) in [6.45, 7) is 0.0723. The molecule has 0 spiro atoms. The highest BCUT2D eigenvalue weighted by molar-refractivity contribution is 6.37. The van der Waals surface area contributed by atoms with Crippen LogP contribution in [0.2, 0.25) is 15.1 Å². The number of fused-ring (bicyclic) bond motifs is 1. The predicted octanol–water partition coefficient (Wildman–Crippen LogP) is 4.92. The first-order valence-corrected chi connectivity index (χ1v) is 8.08. The number of hydrogen-bond acceptors (Lipinski definition) is 4. The lowest BCUT2D eigenvalue weighted by atomic mass is 10.1. The Morgan fingerprint density at radius 1 is 1.16 bits per heavy atom. The van der Waals surface area contributed by atoms with Gasteiger partial charge in [-0.1, -0.05) is 34.8 Å². The predicted molar refractivity (Wildman–Crippen MR) is 96.3 cm³/mol. The van der Waals surface area contributed by atoms with Gasteiger partial charge < -0.3 is 14.8 Å². The third-order valence-corrected chi connectivity index (χ3v) is 4.13. The Kier molecular flexibility index (Phi) is 5.05. The van der Waals surface area contributed by atoms with Gasteiger partial charge in [0.15, 0.2) is 11.5 Å². The maximum absolute atomic E-state index is 12.3. The molecule has 1 N–H and O–H groups in total. The average molecular weight is 396 g/mol. The summed E-state index contributed by atoms with van der Waals surface area (Å²) in [5.41, 5.74) is 0.755. The normalized spacial score (nSPS) is 12.6. The number of nitrogens with zero attached hydrogens (tertiary/aromatic N) is 1. The van der Waals surface area contributed by atoms with E-state index in [0.717, 1.165) is 0 Å². The van der Waals surface area contributed by atoms with Crippen molar-refractivity contribution in [3.05, 3.63) is 56.5 Å². The van der Waals surface area contributed by atoms with Crippen LogP contribution < -0.4 is 14.8 Å². The molecule has 0 bridgehead atoms. The summed E-state index contributed by atoms with van der Waals surface area (Å²) in [5, 5.41) is 12.9. The van der Waals surface area contributed by atoms with E-state index < -0.39 is 5.91 Å². The van der Waals surface area contributed by atoms with Crippen molar-refractivity contribution in [2.45, 2.75) is 0 Å². The van der Waals surface area contributed by atoms with Gasteiger partial charge in [-0.15, -0.1) is 0 Å². The molecule has 0 atom stereocenters. The molecule has 2 aromatic rings. The van der Waals surface area contributed by atoms with Gasteiger partial charge in [-0.25, -0.2) is 0 Å². The zero-order valence-corrected chi connectivity index (χ0v) is 14.7. The Morgan fingerprint density at radius 3 is 2.68 bits per heavy atom. The number of carbonyl (C=O) groups is 1. The van der Waals surface area contributed by atoms with E-state index in [2.05, 4.69) is 5.32 Å². The molecule has 8 heteroatoms. The van der Waals surface area contributed by atoms with Gasteiger partial charge in [0.2, 0.25) is 6.79 Å². The fourth-order valence-corrected chi connectivity index (χ4v) is 2.90. The minimum atomic E-state index is -0.611.